The largest absolute Gasteiger partial charge is 0.457 e. The van der Waals surface area contributed by atoms with Crippen molar-refractivity contribution in [2.75, 3.05) is 6.61 Å². The van der Waals surface area contributed by atoms with E-state index in [1.54, 1.807) is 0 Å². The van der Waals surface area contributed by atoms with Gasteiger partial charge in [0.25, 0.3) is 0 Å². The van der Waals surface area contributed by atoms with Gasteiger partial charge < -0.3 is 4.74 Å². The summed E-state index contributed by atoms with van der Waals surface area (Å²) in [4.78, 5) is 10.6. The lowest BCUT2D eigenvalue weighted by Gasteiger charge is -1.86. The van der Waals surface area contributed by atoms with Crippen LogP contribution in [0.5, 0.6) is 0 Å². The van der Waals surface area contributed by atoms with Crippen LogP contribution in [0.1, 0.15) is 13.8 Å². The summed E-state index contributed by atoms with van der Waals surface area (Å²) in [6.07, 6.45) is 3.23. The molecular formula is C10H10O2. The highest BCUT2D eigenvalue weighted by atomic mass is 16.5. The predicted molar refractivity (Wildman–Crippen MR) is 46.2 cm³/mol. The molecule has 12 heavy (non-hydrogen) atoms. The Morgan fingerprint density at radius 2 is 2.42 bits per heavy atom. The average Bonchev–Trinajstić information content (AvgIpc) is 2.35. The lowest BCUT2D eigenvalue weighted by atomic mass is 10.2. The maximum atomic E-state index is 10.6. The molecule has 1 rings (SSSR count). The summed E-state index contributed by atoms with van der Waals surface area (Å²) in [6, 6.07) is 0. The van der Waals surface area contributed by atoms with Crippen LogP contribution in [0.4, 0.5) is 0 Å². The first-order valence-electron chi connectivity index (χ1n) is 3.71. The molecule has 1 aliphatic heterocycles. The first kappa shape index (κ1) is 8.61. The van der Waals surface area contributed by atoms with Gasteiger partial charge in [0.2, 0.25) is 0 Å². The van der Waals surface area contributed by atoms with E-state index in [-0.39, 0.29) is 5.97 Å². The second kappa shape index (κ2) is 3.77. The van der Waals surface area contributed by atoms with E-state index in [0.717, 1.165) is 11.1 Å². The molecule has 2 nitrogen and oxygen atoms in total. The molecule has 1 heterocycles. The zero-order chi connectivity index (χ0) is 8.97. The monoisotopic (exact) mass is 162 g/mol. The highest BCUT2D eigenvalue weighted by molar-refractivity contribution is 5.86. The second-order valence-corrected chi connectivity index (χ2v) is 2.77. The smallest absolute Gasteiger partial charge is 0.332 e. The minimum Gasteiger partial charge on any atom is -0.457 e. The molecule has 0 aromatic carbocycles. The maximum absolute atomic E-state index is 10.6. The summed E-state index contributed by atoms with van der Waals surface area (Å²) in [5.74, 6) is 5.37. The molecule has 0 aromatic heterocycles. The van der Waals surface area contributed by atoms with Crippen molar-refractivity contribution in [2.45, 2.75) is 13.8 Å². The highest BCUT2D eigenvalue weighted by Gasteiger charge is 2.09. The molecule has 0 saturated carbocycles. The van der Waals surface area contributed by atoms with Crippen LogP contribution in [0.15, 0.2) is 23.3 Å². The van der Waals surface area contributed by atoms with Gasteiger partial charge in [0.1, 0.15) is 6.61 Å². The van der Waals surface area contributed by atoms with Gasteiger partial charge in [-0.1, -0.05) is 17.4 Å². The van der Waals surface area contributed by atoms with Crippen molar-refractivity contribution >= 4 is 5.97 Å². The zero-order valence-electron chi connectivity index (χ0n) is 7.18. The average molecular weight is 162 g/mol. The molecule has 62 valence electrons. The van der Waals surface area contributed by atoms with Crippen LogP contribution >= 0.6 is 0 Å². The quantitative estimate of drug-likeness (QED) is 0.398. The minimum absolute atomic E-state index is 0.295. The van der Waals surface area contributed by atoms with E-state index in [1.807, 2.05) is 19.9 Å². The van der Waals surface area contributed by atoms with Crippen molar-refractivity contribution in [2.24, 2.45) is 0 Å². The summed E-state index contributed by atoms with van der Waals surface area (Å²) in [5.41, 5.74) is 1.89. The first-order chi connectivity index (χ1) is 5.68. The third-order valence-corrected chi connectivity index (χ3v) is 1.26. The zero-order valence-corrected chi connectivity index (χ0v) is 7.18. The topological polar surface area (TPSA) is 26.3 Å². The highest BCUT2D eigenvalue weighted by Crippen LogP contribution is 2.03. The van der Waals surface area contributed by atoms with Gasteiger partial charge in [-0.3, -0.25) is 0 Å². The fourth-order valence-electron chi connectivity index (χ4n) is 0.720. The van der Waals surface area contributed by atoms with Crippen LogP contribution in [0.2, 0.25) is 0 Å². The molecule has 0 amide bonds. The first-order valence-corrected chi connectivity index (χ1v) is 3.71. The Labute approximate surface area is 71.9 Å². The van der Waals surface area contributed by atoms with Gasteiger partial charge in [0.05, 0.1) is 0 Å². The van der Waals surface area contributed by atoms with Crippen LogP contribution in [-0.2, 0) is 9.53 Å². The fraction of sp³-hybridized carbons (Fsp3) is 0.300. The molecule has 1 aliphatic rings. The Kier molecular flexibility index (Phi) is 2.71. The van der Waals surface area contributed by atoms with E-state index in [1.165, 1.54) is 6.08 Å². The lowest BCUT2D eigenvalue weighted by Crippen LogP contribution is -1.90. The second-order valence-electron chi connectivity index (χ2n) is 2.77. The molecular weight excluding hydrogens is 152 g/mol. The van der Waals surface area contributed by atoms with Crippen LogP contribution < -0.4 is 0 Å². The van der Waals surface area contributed by atoms with E-state index in [4.69, 9.17) is 0 Å². The number of allylic oxidation sites excluding steroid dienone is 2. The van der Waals surface area contributed by atoms with Crippen molar-refractivity contribution < 1.29 is 9.53 Å². The third-order valence-electron chi connectivity index (χ3n) is 1.26. The fourth-order valence-corrected chi connectivity index (χ4v) is 0.720. The van der Waals surface area contributed by atoms with Crippen molar-refractivity contribution in [3.8, 4) is 11.8 Å². The van der Waals surface area contributed by atoms with Gasteiger partial charge in [0.15, 0.2) is 0 Å². The number of carbonyl (C=O) groups is 1. The molecule has 0 unspecified atom stereocenters. The number of rotatable bonds is 0. The molecule has 0 radical (unpaired) electrons. The van der Waals surface area contributed by atoms with Crippen LogP contribution in [-0.4, -0.2) is 12.6 Å². The van der Waals surface area contributed by atoms with Crippen LogP contribution in [0.25, 0.3) is 0 Å². The van der Waals surface area contributed by atoms with Gasteiger partial charge >= 0.3 is 5.97 Å². The van der Waals surface area contributed by atoms with Crippen LogP contribution in [0.3, 0.4) is 0 Å². The van der Waals surface area contributed by atoms with Gasteiger partial charge in [-0.2, -0.15) is 0 Å². The van der Waals surface area contributed by atoms with E-state index < -0.39 is 0 Å². The number of hydrogen-bond acceptors (Lipinski definition) is 2. The summed E-state index contributed by atoms with van der Waals surface area (Å²) in [6.45, 7) is 4.27. The van der Waals surface area contributed by atoms with Gasteiger partial charge in [0, 0.05) is 11.6 Å². The van der Waals surface area contributed by atoms with Gasteiger partial charge in [-0.25, -0.2) is 4.79 Å². The standard InChI is InChI=1S/C10H10O2/c1-8(2)4-3-5-9-6-10(11)12-7-9/h4,6H,7H2,1-2H3. The van der Waals surface area contributed by atoms with Crippen molar-refractivity contribution in [1.29, 1.82) is 0 Å². The Bertz CT molecular complexity index is 306. The number of esters is 1. The summed E-state index contributed by atoms with van der Waals surface area (Å²) < 4.78 is 4.67. The molecule has 0 saturated heterocycles. The van der Waals surface area contributed by atoms with Crippen molar-refractivity contribution in [1.82, 2.24) is 0 Å². The van der Waals surface area contributed by atoms with Crippen LogP contribution in [0, 0.1) is 11.8 Å². The third kappa shape index (κ3) is 2.63. The lowest BCUT2D eigenvalue weighted by molar-refractivity contribution is -0.134. The number of hydrogen-bond donors (Lipinski definition) is 0. The summed E-state index contributed by atoms with van der Waals surface area (Å²) in [5, 5.41) is 0. The van der Waals surface area contributed by atoms with E-state index in [0.29, 0.717) is 6.61 Å². The Morgan fingerprint density at radius 3 is 2.92 bits per heavy atom. The molecule has 0 bridgehead atoms. The molecule has 0 fully saturated rings. The summed E-state index contributed by atoms with van der Waals surface area (Å²) >= 11 is 0. The Hall–Kier alpha value is -1.49. The summed E-state index contributed by atoms with van der Waals surface area (Å²) in [7, 11) is 0. The predicted octanol–water partition coefficient (Wildman–Crippen LogP) is 1.44. The number of carbonyl (C=O) groups excluding carboxylic acids is 1. The Morgan fingerprint density at radius 1 is 1.67 bits per heavy atom. The van der Waals surface area contributed by atoms with Crippen molar-refractivity contribution in [3.05, 3.63) is 23.3 Å². The van der Waals surface area contributed by atoms with E-state index in [9.17, 15) is 4.79 Å². The molecule has 0 spiro atoms. The number of ether oxygens (including phenoxy) is 1. The van der Waals surface area contributed by atoms with Gasteiger partial charge in [-0.15, -0.1) is 0 Å². The van der Waals surface area contributed by atoms with E-state index >= 15 is 0 Å². The number of cyclic esters (lactones) is 1. The minimum atomic E-state index is -0.295. The molecule has 0 aliphatic carbocycles. The normalized spacial score (nSPS) is 14.2. The van der Waals surface area contributed by atoms with E-state index in [2.05, 4.69) is 16.6 Å². The Balaban J connectivity index is 2.61. The van der Waals surface area contributed by atoms with Gasteiger partial charge in [-0.05, 0) is 19.9 Å². The molecule has 0 atom stereocenters. The molecule has 0 N–H and O–H groups in total. The molecule has 2 heteroatoms. The maximum Gasteiger partial charge on any atom is 0.332 e. The molecule has 0 aromatic rings. The van der Waals surface area contributed by atoms with Crippen molar-refractivity contribution in [3.63, 3.8) is 0 Å². The SMILES string of the molecule is CC(C)=CC#CC1=CC(=O)OC1.